The molecule has 0 bridgehead atoms. The molecule has 1 saturated heterocycles. The fraction of sp³-hybridized carbons (Fsp3) is 0.333. The number of rotatable bonds is 10. The van der Waals surface area contributed by atoms with Crippen LogP contribution in [-0.2, 0) is 27.0 Å². The van der Waals surface area contributed by atoms with Gasteiger partial charge in [-0.1, -0.05) is 60.7 Å². The predicted octanol–water partition coefficient (Wildman–Crippen LogP) is 4.11. The molecule has 1 atom stereocenters. The number of nitriles is 1. The van der Waals surface area contributed by atoms with Gasteiger partial charge in [-0.2, -0.15) is 5.26 Å². The van der Waals surface area contributed by atoms with Crippen molar-refractivity contribution in [1.82, 2.24) is 10.2 Å². The van der Waals surface area contributed by atoms with Gasteiger partial charge in [-0.05, 0) is 55.2 Å². The normalized spacial score (nSPS) is 15.4. The summed E-state index contributed by atoms with van der Waals surface area (Å²) in [5.74, 6) is -0.0773. The van der Waals surface area contributed by atoms with Crippen molar-refractivity contribution < 1.29 is 13.2 Å². The predicted molar refractivity (Wildman–Crippen MR) is 150 cm³/mol. The molecule has 198 valence electrons. The first-order chi connectivity index (χ1) is 18.3. The highest BCUT2D eigenvalue weighted by Gasteiger charge is 2.29. The van der Waals surface area contributed by atoms with Gasteiger partial charge >= 0.3 is 0 Å². The number of benzene rings is 3. The fourth-order valence-corrected chi connectivity index (χ4v) is 6.49. The summed E-state index contributed by atoms with van der Waals surface area (Å²) in [6.07, 6.45) is 1.91. The molecule has 1 amide bonds. The molecule has 0 saturated carbocycles. The third-order valence-corrected chi connectivity index (χ3v) is 8.70. The molecule has 3 aromatic carbocycles. The first kappa shape index (κ1) is 27.4. The van der Waals surface area contributed by atoms with Crippen molar-refractivity contribution in [3.05, 3.63) is 102 Å². The van der Waals surface area contributed by atoms with Crippen molar-refractivity contribution in [1.29, 1.82) is 5.26 Å². The molecule has 38 heavy (non-hydrogen) atoms. The van der Waals surface area contributed by atoms with Gasteiger partial charge in [0, 0.05) is 31.7 Å². The molecule has 0 radical (unpaired) electrons. The third-order valence-electron chi connectivity index (χ3n) is 6.97. The van der Waals surface area contributed by atoms with Gasteiger partial charge < -0.3 is 5.32 Å². The number of nitrogens with zero attached hydrogens (tertiary/aromatic N) is 3. The number of anilines is 1. The third kappa shape index (κ3) is 7.44. The number of hydrogen-bond acceptors (Lipinski definition) is 5. The molecular formula is C30H34N4O3S. The summed E-state index contributed by atoms with van der Waals surface area (Å²) in [5, 5.41) is 12.1. The standard InChI is InChI=1S/C30H34N4O3S/c1-24(22-34(29-10-6-3-7-11-29)38(36,37)23-27-8-4-2-5-9-27)33-18-16-28(17-19-33)32-30(35)20-25-12-14-26(21-31)15-13-25/h2-15,24,28H,16-20,22-23H2,1H3,(H,32,35)/t24-/m1/s1. The van der Waals surface area contributed by atoms with E-state index >= 15 is 0 Å². The Kier molecular flexibility index (Phi) is 9.16. The Morgan fingerprint density at radius 2 is 1.58 bits per heavy atom. The second kappa shape index (κ2) is 12.7. The van der Waals surface area contributed by atoms with E-state index in [1.807, 2.05) is 72.8 Å². The molecule has 1 aliphatic rings. The zero-order valence-electron chi connectivity index (χ0n) is 21.7. The van der Waals surface area contributed by atoms with Gasteiger partial charge in [0.15, 0.2) is 0 Å². The quantitative estimate of drug-likeness (QED) is 0.426. The van der Waals surface area contributed by atoms with E-state index in [0.717, 1.165) is 37.1 Å². The lowest BCUT2D eigenvalue weighted by atomic mass is 10.0. The Morgan fingerprint density at radius 3 is 2.18 bits per heavy atom. The van der Waals surface area contributed by atoms with Crippen molar-refractivity contribution in [3.63, 3.8) is 0 Å². The molecule has 7 nitrogen and oxygen atoms in total. The lowest BCUT2D eigenvalue weighted by molar-refractivity contribution is -0.121. The Labute approximate surface area is 225 Å². The maximum atomic E-state index is 13.5. The van der Waals surface area contributed by atoms with E-state index < -0.39 is 10.0 Å². The van der Waals surface area contributed by atoms with Crippen LogP contribution >= 0.6 is 0 Å². The van der Waals surface area contributed by atoms with Gasteiger partial charge in [-0.3, -0.25) is 14.0 Å². The first-order valence-electron chi connectivity index (χ1n) is 13.0. The molecule has 3 aromatic rings. The van der Waals surface area contributed by atoms with Gasteiger partial charge in [-0.25, -0.2) is 8.42 Å². The van der Waals surface area contributed by atoms with Gasteiger partial charge in [0.1, 0.15) is 0 Å². The molecule has 1 aliphatic heterocycles. The number of amides is 1. The summed E-state index contributed by atoms with van der Waals surface area (Å²) in [6, 6.07) is 27.8. The van der Waals surface area contributed by atoms with Crippen molar-refractivity contribution in [2.75, 3.05) is 23.9 Å². The van der Waals surface area contributed by atoms with Crippen LogP contribution in [0.5, 0.6) is 0 Å². The van der Waals surface area contributed by atoms with E-state index in [2.05, 4.69) is 23.2 Å². The van der Waals surface area contributed by atoms with E-state index in [-0.39, 0.29) is 30.2 Å². The van der Waals surface area contributed by atoms with Crippen molar-refractivity contribution in [2.45, 2.75) is 44.0 Å². The average Bonchev–Trinajstić information content (AvgIpc) is 2.93. The van der Waals surface area contributed by atoms with Crippen molar-refractivity contribution in [3.8, 4) is 6.07 Å². The smallest absolute Gasteiger partial charge is 0.239 e. The largest absolute Gasteiger partial charge is 0.353 e. The summed E-state index contributed by atoms with van der Waals surface area (Å²) >= 11 is 0. The summed E-state index contributed by atoms with van der Waals surface area (Å²) in [4.78, 5) is 14.9. The van der Waals surface area contributed by atoms with Crippen LogP contribution in [0.15, 0.2) is 84.9 Å². The van der Waals surface area contributed by atoms with Crippen LogP contribution in [0.3, 0.4) is 0 Å². The highest BCUT2D eigenvalue weighted by molar-refractivity contribution is 7.92. The molecule has 0 aromatic heterocycles. The molecule has 0 spiro atoms. The summed E-state index contributed by atoms with van der Waals surface area (Å²) in [7, 11) is -3.59. The maximum Gasteiger partial charge on any atom is 0.239 e. The first-order valence-corrected chi connectivity index (χ1v) is 14.6. The monoisotopic (exact) mass is 530 g/mol. The minimum absolute atomic E-state index is 0.0102. The van der Waals surface area contributed by atoms with Crippen LogP contribution in [0, 0.1) is 11.3 Å². The van der Waals surface area contributed by atoms with E-state index in [4.69, 9.17) is 5.26 Å². The lowest BCUT2D eigenvalue weighted by Gasteiger charge is -2.38. The van der Waals surface area contributed by atoms with E-state index in [0.29, 0.717) is 17.8 Å². The number of hydrogen-bond donors (Lipinski definition) is 1. The number of piperidine rings is 1. The van der Waals surface area contributed by atoms with E-state index in [1.54, 1.807) is 12.1 Å². The molecule has 0 unspecified atom stereocenters. The van der Waals surface area contributed by atoms with Gasteiger partial charge in [-0.15, -0.1) is 0 Å². The van der Waals surface area contributed by atoms with Crippen LogP contribution in [0.2, 0.25) is 0 Å². The second-order valence-corrected chi connectivity index (χ2v) is 11.7. The number of carbonyl (C=O) groups is 1. The Hall–Kier alpha value is -3.67. The van der Waals surface area contributed by atoms with Gasteiger partial charge in [0.05, 0.1) is 29.5 Å². The fourth-order valence-electron chi connectivity index (χ4n) is 4.84. The van der Waals surface area contributed by atoms with Crippen LogP contribution < -0.4 is 9.62 Å². The number of sulfonamides is 1. The maximum absolute atomic E-state index is 13.5. The van der Waals surface area contributed by atoms with Crippen LogP contribution in [0.25, 0.3) is 0 Å². The van der Waals surface area contributed by atoms with Crippen molar-refractivity contribution in [2.24, 2.45) is 0 Å². The molecule has 8 heteroatoms. The Bertz CT molecular complexity index is 1330. The number of nitrogens with one attached hydrogen (secondary N) is 1. The van der Waals surface area contributed by atoms with E-state index in [9.17, 15) is 13.2 Å². The van der Waals surface area contributed by atoms with E-state index in [1.165, 1.54) is 4.31 Å². The van der Waals surface area contributed by atoms with Gasteiger partial charge in [0.25, 0.3) is 0 Å². The number of carbonyl (C=O) groups excluding carboxylic acids is 1. The minimum Gasteiger partial charge on any atom is -0.353 e. The zero-order valence-corrected chi connectivity index (χ0v) is 22.5. The Morgan fingerprint density at radius 1 is 0.974 bits per heavy atom. The molecule has 0 aliphatic carbocycles. The Balaban J connectivity index is 1.34. The number of para-hydroxylation sites is 1. The summed E-state index contributed by atoms with van der Waals surface area (Å²) < 4.78 is 28.6. The SMILES string of the molecule is C[C@H](CN(c1ccccc1)S(=O)(=O)Cc1ccccc1)N1CCC(NC(=O)Cc2ccc(C#N)cc2)CC1. The summed E-state index contributed by atoms with van der Waals surface area (Å²) in [5.41, 5.74) is 2.89. The van der Waals surface area contributed by atoms with Crippen LogP contribution in [0.1, 0.15) is 36.5 Å². The average molecular weight is 531 g/mol. The molecule has 4 rings (SSSR count). The van der Waals surface area contributed by atoms with Crippen molar-refractivity contribution >= 4 is 21.6 Å². The second-order valence-electron chi connectivity index (χ2n) is 9.82. The van der Waals surface area contributed by atoms with Gasteiger partial charge in [0.2, 0.25) is 15.9 Å². The summed E-state index contributed by atoms with van der Waals surface area (Å²) in [6.45, 7) is 3.99. The topological polar surface area (TPSA) is 93.5 Å². The molecule has 1 N–H and O–H groups in total. The molecule has 1 heterocycles. The molecule has 1 fully saturated rings. The van der Waals surface area contributed by atoms with Crippen LogP contribution in [0.4, 0.5) is 5.69 Å². The minimum atomic E-state index is -3.59. The van der Waals surface area contributed by atoms with Crippen LogP contribution in [-0.4, -0.2) is 50.9 Å². The molecular weight excluding hydrogens is 496 g/mol. The highest BCUT2D eigenvalue weighted by atomic mass is 32.2. The zero-order chi connectivity index (χ0) is 27.0. The lowest BCUT2D eigenvalue weighted by Crippen LogP contribution is -2.51. The number of likely N-dealkylation sites (tertiary alicyclic amines) is 1. The highest BCUT2D eigenvalue weighted by Crippen LogP contribution is 2.23.